The summed E-state index contributed by atoms with van der Waals surface area (Å²) in [5.41, 5.74) is 12.5. The number of carbonyl (C=O) groups is 5. The van der Waals surface area contributed by atoms with Gasteiger partial charge in [0.05, 0.1) is 30.6 Å². The Kier molecular flexibility index (Phi) is 11.5. The quantitative estimate of drug-likeness (QED) is 0.171. The molecule has 3 aromatic heterocycles. The van der Waals surface area contributed by atoms with Crippen molar-refractivity contribution in [2.45, 2.75) is 63.2 Å². The second kappa shape index (κ2) is 17.8. The van der Waals surface area contributed by atoms with Crippen molar-refractivity contribution in [3.8, 4) is 11.1 Å². The van der Waals surface area contributed by atoms with E-state index in [4.69, 9.17) is 5.73 Å². The fraction of sp³-hybridized carbons (Fsp3) is 0.388. The fourth-order valence-electron chi connectivity index (χ4n) is 10.7. The molecule has 4 N–H and O–H groups in total. The maximum absolute atomic E-state index is 16.0. The van der Waals surface area contributed by atoms with Crippen LogP contribution in [0.2, 0.25) is 0 Å². The van der Waals surface area contributed by atoms with Crippen LogP contribution in [-0.4, -0.2) is 121 Å². The molecule has 11 rings (SSSR count). The molecular formula is C49H52FN13O5S. The first-order valence-corrected chi connectivity index (χ1v) is 24.4. The number of fused-ring (bicyclic) bond motifs is 3. The number of halogens is 1. The normalized spacial score (nSPS) is 20.3. The Balaban J connectivity index is 0.704. The summed E-state index contributed by atoms with van der Waals surface area (Å²) in [6.45, 7) is 5.21. The van der Waals surface area contributed by atoms with Crippen LogP contribution in [0.4, 0.5) is 25.8 Å². The molecule has 0 spiro atoms. The third kappa shape index (κ3) is 8.29. The van der Waals surface area contributed by atoms with Crippen molar-refractivity contribution in [3.05, 3.63) is 106 Å². The van der Waals surface area contributed by atoms with Crippen LogP contribution >= 0.6 is 11.3 Å². The molecule has 6 amide bonds. The minimum atomic E-state index is -1.06. The first kappa shape index (κ1) is 44.5. The number of nitrogens with one attached hydrogen (secondary N) is 2. The van der Waals surface area contributed by atoms with E-state index >= 15 is 4.39 Å². The highest BCUT2D eigenvalue weighted by Gasteiger charge is 2.42. The maximum atomic E-state index is 16.0. The lowest BCUT2D eigenvalue weighted by Crippen LogP contribution is -2.51. The van der Waals surface area contributed by atoms with E-state index in [9.17, 15) is 24.0 Å². The van der Waals surface area contributed by atoms with Gasteiger partial charge in [-0.05, 0) is 91.7 Å². The summed E-state index contributed by atoms with van der Waals surface area (Å²) in [6, 6.07) is 15.5. The predicted octanol–water partition coefficient (Wildman–Crippen LogP) is 4.75. The van der Waals surface area contributed by atoms with E-state index in [0.717, 1.165) is 72.2 Å². The van der Waals surface area contributed by atoms with E-state index in [-0.39, 0.29) is 42.5 Å². The minimum absolute atomic E-state index is 0.0651. The SMILES string of the molecule is Cn1nc(N2CCC(=O)NC2=O)c2ccc(C3(N)CCCN(CC(=O)N4CCN(c5ccc(-c6cc(F)c7c(c6)C(=O)N(C(C(=O)Nc6nccs6)c6ncn8c6CCC8)C7)cc5)CC4)CC3)cc21. The third-order valence-corrected chi connectivity index (χ3v) is 15.2. The molecule has 5 aliphatic rings. The van der Waals surface area contributed by atoms with E-state index in [0.29, 0.717) is 67.9 Å². The zero-order chi connectivity index (χ0) is 47.6. The highest BCUT2D eigenvalue weighted by atomic mass is 32.1. The summed E-state index contributed by atoms with van der Waals surface area (Å²) in [5, 5.41) is 12.8. The summed E-state index contributed by atoms with van der Waals surface area (Å²) < 4.78 is 19.8. The average molecular weight is 954 g/mol. The van der Waals surface area contributed by atoms with Crippen LogP contribution in [0.25, 0.3) is 22.0 Å². The number of thiazole rings is 1. The number of carbonyl (C=O) groups excluding carboxylic acids is 5. The van der Waals surface area contributed by atoms with Gasteiger partial charge in [0.1, 0.15) is 5.82 Å². The summed E-state index contributed by atoms with van der Waals surface area (Å²) in [6.07, 6.45) is 7.42. The zero-order valence-corrected chi connectivity index (χ0v) is 39.0. The maximum Gasteiger partial charge on any atom is 0.329 e. The van der Waals surface area contributed by atoms with Crippen molar-refractivity contribution < 1.29 is 28.4 Å². The molecule has 69 heavy (non-hydrogen) atoms. The number of hydrogen-bond acceptors (Lipinski definition) is 12. The topological polar surface area (TPSA) is 200 Å². The van der Waals surface area contributed by atoms with Crippen molar-refractivity contribution in [2.24, 2.45) is 12.8 Å². The van der Waals surface area contributed by atoms with E-state index in [1.807, 2.05) is 59.0 Å². The molecule has 0 saturated carbocycles. The molecule has 20 heteroatoms. The van der Waals surface area contributed by atoms with Crippen LogP contribution < -0.4 is 26.2 Å². The minimum Gasteiger partial charge on any atom is -0.368 e. The van der Waals surface area contributed by atoms with Gasteiger partial charge in [-0.3, -0.25) is 44.3 Å². The van der Waals surface area contributed by atoms with Crippen molar-refractivity contribution in [1.82, 2.24) is 44.3 Å². The number of likely N-dealkylation sites (tertiary alicyclic amines) is 1. The van der Waals surface area contributed by atoms with Crippen LogP contribution in [0.15, 0.2) is 72.5 Å². The number of piperazine rings is 1. The van der Waals surface area contributed by atoms with Crippen LogP contribution in [0, 0.1) is 5.82 Å². The molecule has 3 aromatic carbocycles. The van der Waals surface area contributed by atoms with E-state index < -0.39 is 35.2 Å². The Morgan fingerprint density at radius 1 is 0.913 bits per heavy atom. The Morgan fingerprint density at radius 3 is 2.52 bits per heavy atom. The summed E-state index contributed by atoms with van der Waals surface area (Å²) >= 11 is 1.28. The molecule has 0 bridgehead atoms. The number of hydrogen-bond donors (Lipinski definition) is 3. The molecule has 5 aliphatic heterocycles. The summed E-state index contributed by atoms with van der Waals surface area (Å²) in [5.74, 6) is -1.08. The lowest BCUT2D eigenvalue weighted by Gasteiger charge is -2.37. The molecule has 0 aliphatic carbocycles. The van der Waals surface area contributed by atoms with Gasteiger partial charge >= 0.3 is 6.03 Å². The number of nitrogens with zero attached hydrogens (tertiary/aromatic N) is 10. The number of imide groups is 1. The number of nitrogens with two attached hydrogens (primary N) is 1. The first-order valence-electron chi connectivity index (χ1n) is 23.5. The van der Waals surface area contributed by atoms with Gasteiger partial charge in [0, 0.05) is 104 Å². The molecule has 2 atom stereocenters. The number of imidazole rings is 1. The number of aromatic nitrogens is 5. The van der Waals surface area contributed by atoms with Crippen molar-refractivity contribution in [2.75, 3.05) is 67.5 Å². The summed E-state index contributed by atoms with van der Waals surface area (Å²) in [4.78, 5) is 84.2. The molecule has 3 fully saturated rings. The van der Waals surface area contributed by atoms with Crippen molar-refractivity contribution in [3.63, 3.8) is 0 Å². The second-order valence-electron chi connectivity index (χ2n) is 18.7. The van der Waals surface area contributed by atoms with Gasteiger partial charge in [0.2, 0.25) is 11.8 Å². The van der Waals surface area contributed by atoms with Gasteiger partial charge in [-0.2, -0.15) is 5.10 Å². The smallest absolute Gasteiger partial charge is 0.329 e. The highest BCUT2D eigenvalue weighted by molar-refractivity contribution is 7.13. The van der Waals surface area contributed by atoms with Crippen molar-refractivity contribution in [1.29, 1.82) is 0 Å². The van der Waals surface area contributed by atoms with Gasteiger partial charge in [-0.1, -0.05) is 18.2 Å². The van der Waals surface area contributed by atoms with Gasteiger partial charge in [0.25, 0.3) is 11.8 Å². The van der Waals surface area contributed by atoms with Crippen LogP contribution in [0.5, 0.6) is 0 Å². The second-order valence-corrected chi connectivity index (χ2v) is 19.5. The standard InChI is InChI=1S/C49H52FN13O5S/c1-57-39-26-32(7-10-34(39)44(56-57)62-17-11-40(64)54-48(62)68)49(51)12-3-15-58(18-13-49)28-41(65)60-21-19-59(20-22-60)33-8-5-30(6-9-33)31-24-35-36(37(50)25-31)27-63(46(35)67)43(45(66)55-47-52-14-23-69-47)42-38-4-2-16-61(38)29-53-42/h5-10,14,23-26,29,43H,2-4,11-13,15-22,27-28,51H2,1H3,(H,52,55,66)(H,54,64,68). The molecular weight excluding hydrogens is 902 g/mol. The number of aryl methyl sites for hydroxylation is 2. The molecule has 2 unspecified atom stereocenters. The number of rotatable bonds is 10. The van der Waals surface area contributed by atoms with E-state index in [1.54, 1.807) is 28.7 Å². The van der Waals surface area contributed by atoms with E-state index in [2.05, 4.69) is 35.5 Å². The largest absolute Gasteiger partial charge is 0.368 e. The highest BCUT2D eigenvalue weighted by Crippen LogP contribution is 2.39. The lowest BCUT2D eigenvalue weighted by molar-refractivity contribution is -0.132. The number of urea groups is 1. The Hall–Kier alpha value is -7.03. The van der Waals surface area contributed by atoms with Gasteiger partial charge in [-0.25, -0.2) is 19.2 Å². The lowest BCUT2D eigenvalue weighted by atomic mass is 9.84. The average Bonchev–Trinajstić information content (AvgIpc) is 4.20. The number of benzene rings is 3. The molecule has 0 radical (unpaired) electrons. The number of amides is 6. The van der Waals surface area contributed by atoms with E-state index in [1.165, 1.54) is 27.2 Å². The summed E-state index contributed by atoms with van der Waals surface area (Å²) in [7, 11) is 1.83. The van der Waals surface area contributed by atoms with Crippen LogP contribution in [0.1, 0.15) is 71.0 Å². The molecule has 6 aromatic rings. The third-order valence-electron chi connectivity index (χ3n) is 14.5. The number of anilines is 3. The Bertz CT molecular complexity index is 3020. The Morgan fingerprint density at radius 2 is 1.74 bits per heavy atom. The molecule has 8 heterocycles. The van der Waals surface area contributed by atoms with Crippen LogP contribution in [-0.2, 0) is 46.5 Å². The predicted molar refractivity (Wildman–Crippen MR) is 257 cm³/mol. The van der Waals surface area contributed by atoms with Gasteiger partial charge < -0.3 is 25.0 Å². The molecule has 356 valence electrons. The fourth-order valence-corrected chi connectivity index (χ4v) is 11.2. The zero-order valence-electron chi connectivity index (χ0n) is 38.2. The molecule has 3 saturated heterocycles. The van der Waals surface area contributed by atoms with Gasteiger partial charge in [0.15, 0.2) is 17.0 Å². The van der Waals surface area contributed by atoms with Crippen LogP contribution in [0.3, 0.4) is 0 Å². The monoisotopic (exact) mass is 953 g/mol. The van der Waals surface area contributed by atoms with Crippen molar-refractivity contribution >= 4 is 68.5 Å². The van der Waals surface area contributed by atoms with Gasteiger partial charge in [-0.15, -0.1) is 11.3 Å². The first-order chi connectivity index (χ1) is 33.4. The Labute approximate surface area is 400 Å². The molecule has 18 nitrogen and oxygen atoms in total.